The Morgan fingerprint density at radius 1 is 1.54 bits per heavy atom. The number of hydrogen-bond donors (Lipinski definition) is 0. The van der Waals surface area contributed by atoms with Crippen LogP contribution in [0.5, 0.6) is 0 Å². The van der Waals surface area contributed by atoms with E-state index in [1.807, 2.05) is 0 Å². The van der Waals surface area contributed by atoms with Crippen molar-refractivity contribution in [3.05, 3.63) is 0 Å². The van der Waals surface area contributed by atoms with Crippen molar-refractivity contribution >= 4 is 5.78 Å². The maximum Gasteiger partial charge on any atom is 0.135 e. The Hall–Kier alpha value is -0.370. The number of rotatable bonds is 2. The first kappa shape index (κ1) is 9.20. The molecule has 0 amide bonds. The van der Waals surface area contributed by atoms with Gasteiger partial charge in [-0.15, -0.1) is 0 Å². The van der Waals surface area contributed by atoms with Gasteiger partial charge in [0.1, 0.15) is 5.78 Å². The second kappa shape index (κ2) is 3.41. The van der Waals surface area contributed by atoms with Crippen LogP contribution in [-0.2, 0) is 4.79 Å². The van der Waals surface area contributed by atoms with Crippen LogP contribution in [0.2, 0.25) is 0 Å². The van der Waals surface area contributed by atoms with Crippen LogP contribution in [0.4, 0.5) is 0 Å². The van der Waals surface area contributed by atoms with Crippen LogP contribution >= 0.6 is 0 Å². The van der Waals surface area contributed by atoms with E-state index in [1.165, 1.54) is 12.8 Å². The summed E-state index contributed by atoms with van der Waals surface area (Å²) in [6, 6.07) is 1.32. The molecular formula is C11H19NO. The van der Waals surface area contributed by atoms with Crippen molar-refractivity contribution in [1.29, 1.82) is 0 Å². The molecule has 0 spiro atoms. The number of piperidine rings is 1. The van der Waals surface area contributed by atoms with Crippen molar-refractivity contribution in [1.82, 2.24) is 4.90 Å². The number of carbonyl (C=O) groups is 1. The zero-order chi connectivity index (χ0) is 9.42. The van der Waals surface area contributed by atoms with Crippen molar-refractivity contribution in [2.24, 2.45) is 5.92 Å². The standard InChI is InChI=1S/C11H19NO/c1-3-9-7-11(9)12-5-4-10(13)6-8(12)2/h8-9,11H,3-7H2,1-2H3. The van der Waals surface area contributed by atoms with Gasteiger partial charge in [0.25, 0.3) is 0 Å². The molecule has 2 aliphatic rings. The number of likely N-dealkylation sites (tertiary alicyclic amines) is 1. The minimum absolute atomic E-state index is 0.456. The Kier molecular flexibility index (Phi) is 2.41. The molecule has 1 heterocycles. The zero-order valence-electron chi connectivity index (χ0n) is 8.62. The van der Waals surface area contributed by atoms with Gasteiger partial charge in [-0.3, -0.25) is 9.69 Å². The van der Waals surface area contributed by atoms with Crippen LogP contribution in [0.15, 0.2) is 0 Å². The van der Waals surface area contributed by atoms with Gasteiger partial charge in [-0.2, -0.15) is 0 Å². The number of Topliss-reactive ketones (excluding diaryl/α,β-unsaturated/α-hetero) is 1. The third-order valence-corrected chi connectivity index (χ3v) is 3.57. The molecule has 1 aliphatic heterocycles. The monoisotopic (exact) mass is 181 g/mol. The predicted octanol–water partition coefficient (Wildman–Crippen LogP) is 1.84. The lowest BCUT2D eigenvalue weighted by Crippen LogP contribution is -2.42. The minimum Gasteiger partial charge on any atom is -0.300 e. The first-order chi connectivity index (χ1) is 6.22. The highest BCUT2D eigenvalue weighted by Gasteiger charge is 2.43. The van der Waals surface area contributed by atoms with Crippen LogP contribution in [0.1, 0.15) is 39.5 Å². The Balaban J connectivity index is 1.90. The molecule has 2 fully saturated rings. The molecule has 1 aliphatic carbocycles. The van der Waals surface area contributed by atoms with Gasteiger partial charge in [-0.1, -0.05) is 13.3 Å². The maximum atomic E-state index is 11.2. The molecule has 3 unspecified atom stereocenters. The Labute approximate surface area is 80.3 Å². The van der Waals surface area contributed by atoms with E-state index in [4.69, 9.17) is 0 Å². The van der Waals surface area contributed by atoms with Crippen molar-refractivity contribution in [2.75, 3.05) is 6.54 Å². The zero-order valence-corrected chi connectivity index (χ0v) is 8.62. The van der Waals surface area contributed by atoms with Crippen LogP contribution < -0.4 is 0 Å². The third-order valence-electron chi connectivity index (χ3n) is 3.57. The van der Waals surface area contributed by atoms with Crippen LogP contribution in [-0.4, -0.2) is 29.3 Å². The molecule has 0 aromatic heterocycles. The summed E-state index contributed by atoms with van der Waals surface area (Å²) < 4.78 is 0. The summed E-state index contributed by atoms with van der Waals surface area (Å²) in [5, 5.41) is 0. The van der Waals surface area contributed by atoms with E-state index < -0.39 is 0 Å². The van der Waals surface area contributed by atoms with E-state index in [-0.39, 0.29) is 0 Å². The highest BCUT2D eigenvalue weighted by molar-refractivity contribution is 5.79. The Bertz CT molecular complexity index is 214. The first-order valence-electron chi connectivity index (χ1n) is 5.49. The summed E-state index contributed by atoms with van der Waals surface area (Å²) in [6.45, 7) is 5.48. The molecule has 2 heteroatoms. The number of nitrogens with zero attached hydrogens (tertiary/aromatic N) is 1. The summed E-state index contributed by atoms with van der Waals surface area (Å²) in [5.74, 6) is 1.38. The largest absolute Gasteiger partial charge is 0.300 e. The average Bonchev–Trinajstić information content (AvgIpc) is 2.83. The van der Waals surface area contributed by atoms with E-state index in [0.29, 0.717) is 11.8 Å². The molecule has 0 aromatic carbocycles. The van der Waals surface area contributed by atoms with Gasteiger partial charge in [0.15, 0.2) is 0 Å². The van der Waals surface area contributed by atoms with Gasteiger partial charge in [-0.25, -0.2) is 0 Å². The summed E-state index contributed by atoms with van der Waals surface area (Å²) >= 11 is 0. The van der Waals surface area contributed by atoms with Crippen molar-refractivity contribution in [3.63, 3.8) is 0 Å². The molecule has 3 atom stereocenters. The topological polar surface area (TPSA) is 20.3 Å². The summed E-state index contributed by atoms with van der Waals surface area (Å²) in [7, 11) is 0. The molecule has 0 aromatic rings. The van der Waals surface area contributed by atoms with E-state index in [1.54, 1.807) is 0 Å². The SMILES string of the molecule is CCC1CC1N1CCC(=O)CC1C. The van der Waals surface area contributed by atoms with Gasteiger partial charge < -0.3 is 0 Å². The second-order valence-electron chi connectivity index (χ2n) is 4.55. The van der Waals surface area contributed by atoms with E-state index in [9.17, 15) is 4.79 Å². The van der Waals surface area contributed by atoms with Crippen molar-refractivity contribution in [2.45, 2.75) is 51.6 Å². The van der Waals surface area contributed by atoms with Gasteiger partial charge in [-0.05, 0) is 19.3 Å². The smallest absolute Gasteiger partial charge is 0.135 e. The highest BCUT2D eigenvalue weighted by Crippen LogP contribution is 2.40. The second-order valence-corrected chi connectivity index (χ2v) is 4.55. The maximum absolute atomic E-state index is 11.2. The summed E-state index contributed by atoms with van der Waals surface area (Å²) in [6.07, 6.45) is 4.25. The molecule has 2 nitrogen and oxygen atoms in total. The number of hydrogen-bond acceptors (Lipinski definition) is 2. The van der Waals surface area contributed by atoms with Gasteiger partial charge in [0.05, 0.1) is 0 Å². The Morgan fingerprint density at radius 3 is 2.85 bits per heavy atom. The summed E-state index contributed by atoms with van der Waals surface area (Å²) in [5.41, 5.74) is 0. The van der Waals surface area contributed by atoms with E-state index in [2.05, 4.69) is 18.7 Å². The molecule has 1 saturated heterocycles. The predicted molar refractivity (Wildman–Crippen MR) is 52.6 cm³/mol. The van der Waals surface area contributed by atoms with Crippen LogP contribution in [0.25, 0.3) is 0 Å². The van der Waals surface area contributed by atoms with Gasteiger partial charge in [0, 0.05) is 31.5 Å². The lowest BCUT2D eigenvalue weighted by molar-refractivity contribution is -0.123. The molecule has 0 bridgehead atoms. The number of carbonyl (C=O) groups excluding carboxylic acids is 1. The first-order valence-corrected chi connectivity index (χ1v) is 5.49. The molecule has 13 heavy (non-hydrogen) atoms. The normalized spacial score (nSPS) is 40.8. The third kappa shape index (κ3) is 1.78. The molecule has 74 valence electrons. The van der Waals surface area contributed by atoms with E-state index >= 15 is 0 Å². The lowest BCUT2D eigenvalue weighted by atomic mass is 10.0. The average molecular weight is 181 g/mol. The number of ketones is 1. The van der Waals surface area contributed by atoms with Crippen LogP contribution in [0.3, 0.4) is 0 Å². The molecule has 0 N–H and O–H groups in total. The van der Waals surface area contributed by atoms with Gasteiger partial charge in [0.2, 0.25) is 0 Å². The fourth-order valence-corrected chi connectivity index (χ4v) is 2.59. The fourth-order valence-electron chi connectivity index (χ4n) is 2.59. The highest BCUT2D eigenvalue weighted by atomic mass is 16.1. The molecular weight excluding hydrogens is 162 g/mol. The molecule has 1 saturated carbocycles. The Morgan fingerprint density at radius 2 is 2.31 bits per heavy atom. The summed E-state index contributed by atoms with van der Waals surface area (Å²) in [4.78, 5) is 13.7. The van der Waals surface area contributed by atoms with Crippen molar-refractivity contribution < 1.29 is 4.79 Å². The fraction of sp³-hybridized carbons (Fsp3) is 0.909. The molecule has 0 radical (unpaired) electrons. The minimum atomic E-state index is 0.456. The van der Waals surface area contributed by atoms with Gasteiger partial charge >= 0.3 is 0 Å². The van der Waals surface area contributed by atoms with E-state index in [0.717, 1.165) is 31.3 Å². The van der Waals surface area contributed by atoms with Crippen LogP contribution in [0, 0.1) is 5.92 Å². The quantitative estimate of drug-likeness (QED) is 0.648. The van der Waals surface area contributed by atoms with Crippen molar-refractivity contribution in [3.8, 4) is 0 Å². The lowest BCUT2D eigenvalue weighted by Gasteiger charge is -2.33. The molecule has 2 rings (SSSR count).